The van der Waals surface area contributed by atoms with Crippen LogP contribution in [0.1, 0.15) is 32.1 Å². The van der Waals surface area contributed by atoms with Crippen LogP contribution in [-0.4, -0.2) is 60.3 Å². The third kappa shape index (κ3) is 4.19. The highest BCUT2D eigenvalue weighted by Crippen LogP contribution is 2.21. The van der Waals surface area contributed by atoms with Gasteiger partial charge in [-0.2, -0.15) is 5.10 Å². The first kappa shape index (κ1) is 16.2. The first-order valence-corrected chi connectivity index (χ1v) is 8.73. The Bertz CT molecular complexity index is 495. The zero-order valence-electron chi connectivity index (χ0n) is 13.9. The summed E-state index contributed by atoms with van der Waals surface area (Å²) in [6, 6.07) is 4.27. The summed E-state index contributed by atoms with van der Waals surface area (Å²) in [6.07, 6.45) is 6.63. The van der Waals surface area contributed by atoms with Gasteiger partial charge in [-0.15, -0.1) is 5.10 Å². The van der Waals surface area contributed by atoms with E-state index in [0.29, 0.717) is 24.3 Å². The second kappa shape index (κ2) is 7.73. The molecule has 0 aliphatic carbocycles. The van der Waals surface area contributed by atoms with Gasteiger partial charge < -0.3 is 15.1 Å². The van der Waals surface area contributed by atoms with Crippen LogP contribution in [0.5, 0.6) is 0 Å². The molecule has 1 atom stereocenters. The van der Waals surface area contributed by atoms with Crippen molar-refractivity contribution in [3.63, 3.8) is 0 Å². The molecule has 3 rings (SSSR count). The van der Waals surface area contributed by atoms with Gasteiger partial charge in [0.1, 0.15) is 0 Å². The van der Waals surface area contributed by atoms with E-state index in [4.69, 9.17) is 0 Å². The lowest BCUT2D eigenvalue weighted by molar-refractivity contribution is -0.132. The molecule has 2 fully saturated rings. The summed E-state index contributed by atoms with van der Waals surface area (Å²) in [5.74, 6) is 1.93. The standard InChI is InChI=1S/C17H27N5O/c1-21(17(23)5-4-14-6-10-18-13-14)15-7-11-22(12-8-15)16-3-2-9-19-20-16/h2-3,9,14-15,18H,4-8,10-13H2,1H3. The van der Waals surface area contributed by atoms with Gasteiger partial charge in [-0.1, -0.05) is 0 Å². The number of amides is 1. The van der Waals surface area contributed by atoms with Crippen molar-refractivity contribution >= 4 is 11.7 Å². The predicted octanol–water partition coefficient (Wildman–Crippen LogP) is 1.29. The Morgan fingerprint density at radius 3 is 2.87 bits per heavy atom. The molecule has 3 heterocycles. The van der Waals surface area contributed by atoms with E-state index in [2.05, 4.69) is 20.4 Å². The maximum absolute atomic E-state index is 12.4. The zero-order chi connectivity index (χ0) is 16.1. The summed E-state index contributed by atoms with van der Waals surface area (Å²) < 4.78 is 0. The molecule has 1 aromatic heterocycles. The van der Waals surface area contributed by atoms with Gasteiger partial charge in [0, 0.05) is 38.8 Å². The van der Waals surface area contributed by atoms with Crippen molar-refractivity contribution in [1.82, 2.24) is 20.4 Å². The van der Waals surface area contributed by atoms with Gasteiger partial charge in [0.15, 0.2) is 5.82 Å². The maximum atomic E-state index is 12.4. The molecule has 6 nitrogen and oxygen atoms in total. The molecule has 1 unspecified atom stereocenters. The fraction of sp³-hybridized carbons (Fsp3) is 0.706. The highest BCUT2D eigenvalue weighted by Gasteiger charge is 2.26. The van der Waals surface area contributed by atoms with E-state index in [-0.39, 0.29) is 0 Å². The van der Waals surface area contributed by atoms with E-state index < -0.39 is 0 Å². The molecule has 2 aliphatic rings. The van der Waals surface area contributed by atoms with Crippen LogP contribution in [0.15, 0.2) is 18.3 Å². The fourth-order valence-electron chi connectivity index (χ4n) is 3.61. The number of rotatable bonds is 5. The normalized spacial score (nSPS) is 22.3. The SMILES string of the molecule is CN(C(=O)CCC1CCNC1)C1CCN(c2cccnn2)CC1. The summed E-state index contributed by atoms with van der Waals surface area (Å²) in [7, 11) is 1.97. The van der Waals surface area contributed by atoms with Gasteiger partial charge in [0.05, 0.1) is 0 Å². The Hall–Kier alpha value is -1.69. The summed E-state index contributed by atoms with van der Waals surface area (Å²) in [5.41, 5.74) is 0. The smallest absolute Gasteiger partial charge is 0.222 e. The summed E-state index contributed by atoms with van der Waals surface area (Å²) in [6.45, 7) is 4.06. The quantitative estimate of drug-likeness (QED) is 0.887. The Morgan fingerprint density at radius 1 is 1.39 bits per heavy atom. The van der Waals surface area contributed by atoms with Crippen molar-refractivity contribution < 1.29 is 4.79 Å². The molecule has 0 radical (unpaired) electrons. The number of hydrogen-bond donors (Lipinski definition) is 1. The first-order valence-electron chi connectivity index (χ1n) is 8.73. The second-order valence-electron chi connectivity index (χ2n) is 6.70. The number of nitrogens with one attached hydrogen (secondary N) is 1. The number of carbonyl (C=O) groups is 1. The van der Waals surface area contributed by atoms with E-state index in [0.717, 1.165) is 51.3 Å². The van der Waals surface area contributed by atoms with Crippen LogP contribution in [-0.2, 0) is 4.79 Å². The van der Waals surface area contributed by atoms with Gasteiger partial charge in [-0.05, 0) is 56.8 Å². The summed E-state index contributed by atoms with van der Waals surface area (Å²) >= 11 is 0. The number of aromatic nitrogens is 2. The Labute approximate surface area is 138 Å². The molecule has 1 amide bonds. The van der Waals surface area contributed by atoms with E-state index in [9.17, 15) is 4.79 Å². The van der Waals surface area contributed by atoms with Crippen LogP contribution in [0.2, 0.25) is 0 Å². The molecule has 0 spiro atoms. The van der Waals surface area contributed by atoms with Crippen molar-refractivity contribution in [2.24, 2.45) is 5.92 Å². The van der Waals surface area contributed by atoms with Crippen LogP contribution in [0.3, 0.4) is 0 Å². The van der Waals surface area contributed by atoms with E-state index >= 15 is 0 Å². The number of carbonyl (C=O) groups excluding carboxylic acids is 1. The van der Waals surface area contributed by atoms with Crippen LogP contribution in [0, 0.1) is 5.92 Å². The van der Waals surface area contributed by atoms with Gasteiger partial charge >= 0.3 is 0 Å². The molecule has 0 bridgehead atoms. The van der Waals surface area contributed by atoms with Crippen LogP contribution < -0.4 is 10.2 Å². The molecule has 23 heavy (non-hydrogen) atoms. The minimum Gasteiger partial charge on any atom is -0.355 e. The fourth-order valence-corrected chi connectivity index (χ4v) is 3.61. The third-order valence-corrected chi connectivity index (χ3v) is 5.22. The summed E-state index contributed by atoms with van der Waals surface area (Å²) in [5, 5.41) is 11.5. The lowest BCUT2D eigenvalue weighted by atomic mass is 10.00. The van der Waals surface area contributed by atoms with E-state index in [1.807, 2.05) is 24.1 Å². The molecule has 2 aliphatic heterocycles. The van der Waals surface area contributed by atoms with Gasteiger partial charge in [0.25, 0.3) is 0 Å². The maximum Gasteiger partial charge on any atom is 0.222 e. The average molecular weight is 317 g/mol. The van der Waals surface area contributed by atoms with Crippen molar-refractivity contribution in [3.8, 4) is 0 Å². The van der Waals surface area contributed by atoms with E-state index in [1.54, 1.807) is 6.20 Å². The highest BCUT2D eigenvalue weighted by molar-refractivity contribution is 5.76. The predicted molar refractivity (Wildman–Crippen MR) is 90.2 cm³/mol. The number of piperidine rings is 1. The average Bonchev–Trinajstić information content (AvgIpc) is 3.13. The number of anilines is 1. The zero-order valence-corrected chi connectivity index (χ0v) is 13.9. The Kier molecular flexibility index (Phi) is 5.43. The van der Waals surface area contributed by atoms with Crippen molar-refractivity contribution in [3.05, 3.63) is 18.3 Å². The molecule has 0 aromatic carbocycles. The topological polar surface area (TPSA) is 61.4 Å². The molecular formula is C17H27N5O. The van der Waals surface area contributed by atoms with Crippen molar-refractivity contribution in [1.29, 1.82) is 0 Å². The largest absolute Gasteiger partial charge is 0.355 e. The molecule has 1 N–H and O–H groups in total. The minimum absolute atomic E-state index is 0.301. The molecule has 126 valence electrons. The Balaban J connectivity index is 1.44. The molecule has 1 aromatic rings. The van der Waals surface area contributed by atoms with Crippen LogP contribution in [0.4, 0.5) is 5.82 Å². The van der Waals surface area contributed by atoms with E-state index in [1.165, 1.54) is 6.42 Å². The van der Waals surface area contributed by atoms with Gasteiger partial charge in [-0.25, -0.2) is 0 Å². The molecule has 6 heteroatoms. The molecular weight excluding hydrogens is 290 g/mol. The number of hydrogen-bond acceptors (Lipinski definition) is 5. The van der Waals surface area contributed by atoms with Crippen LogP contribution >= 0.6 is 0 Å². The Morgan fingerprint density at radius 2 is 2.22 bits per heavy atom. The second-order valence-corrected chi connectivity index (χ2v) is 6.70. The minimum atomic E-state index is 0.301. The van der Waals surface area contributed by atoms with Gasteiger partial charge in [0.2, 0.25) is 5.91 Å². The molecule has 2 saturated heterocycles. The monoisotopic (exact) mass is 317 g/mol. The van der Waals surface area contributed by atoms with Crippen molar-refractivity contribution in [2.75, 3.05) is 38.1 Å². The molecule has 0 saturated carbocycles. The van der Waals surface area contributed by atoms with Crippen LogP contribution in [0.25, 0.3) is 0 Å². The third-order valence-electron chi connectivity index (χ3n) is 5.22. The highest BCUT2D eigenvalue weighted by atomic mass is 16.2. The number of nitrogens with zero attached hydrogens (tertiary/aromatic N) is 4. The lowest BCUT2D eigenvalue weighted by Gasteiger charge is -2.37. The first-order chi connectivity index (χ1) is 11.2. The summed E-state index contributed by atoms with van der Waals surface area (Å²) in [4.78, 5) is 16.7. The lowest BCUT2D eigenvalue weighted by Crippen LogP contribution is -2.46. The van der Waals surface area contributed by atoms with Crippen molar-refractivity contribution in [2.45, 2.75) is 38.1 Å². The van der Waals surface area contributed by atoms with Gasteiger partial charge in [-0.3, -0.25) is 4.79 Å².